The zero-order valence-corrected chi connectivity index (χ0v) is 10.3. The summed E-state index contributed by atoms with van der Waals surface area (Å²) in [5, 5.41) is 0.157. The Morgan fingerprint density at radius 1 is 1.15 bits per heavy atom. The number of aromatic nitrogens is 2. The number of hydrogen-bond acceptors (Lipinski definition) is 3. The van der Waals surface area contributed by atoms with Crippen LogP contribution < -0.4 is 5.43 Å². The lowest BCUT2D eigenvalue weighted by molar-refractivity contribution is 0.103. The van der Waals surface area contributed by atoms with E-state index < -0.39 is 17.0 Å². The van der Waals surface area contributed by atoms with E-state index in [2.05, 4.69) is 9.97 Å². The predicted octanol–water partition coefficient (Wildman–Crippen LogP) is 2.29. The Bertz CT molecular complexity index is 857. The molecule has 0 aliphatic rings. The number of hydrogen-bond donors (Lipinski definition) is 1. The summed E-state index contributed by atoms with van der Waals surface area (Å²) in [6.07, 6.45) is 4.30. The number of pyridine rings is 2. The molecule has 0 aliphatic heterocycles. The van der Waals surface area contributed by atoms with Gasteiger partial charge in [0.15, 0.2) is 5.78 Å². The van der Waals surface area contributed by atoms with E-state index in [1.54, 1.807) is 0 Å². The van der Waals surface area contributed by atoms with E-state index in [0.717, 1.165) is 6.07 Å². The van der Waals surface area contributed by atoms with Crippen molar-refractivity contribution in [2.45, 2.75) is 0 Å². The maximum atomic E-state index is 13.2. The first-order valence-electron chi connectivity index (χ1n) is 5.92. The highest BCUT2D eigenvalue weighted by atomic mass is 19.1. The molecule has 0 saturated carbocycles. The van der Waals surface area contributed by atoms with E-state index in [1.807, 2.05) is 0 Å². The van der Waals surface area contributed by atoms with Gasteiger partial charge in [-0.2, -0.15) is 0 Å². The second-order valence-electron chi connectivity index (χ2n) is 4.29. The number of H-pyrrole nitrogens is 1. The number of carbonyl (C=O) groups is 1. The summed E-state index contributed by atoms with van der Waals surface area (Å²) in [6.45, 7) is 0. The Morgan fingerprint density at radius 3 is 2.65 bits per heavy atom. The first-order chi connectivity index (χ1) is 9.66. The van der Waals surface area contributed by atoms with Gasteiger partial charge in [0.25, 0.3) is 0 Å². The molecule has 20 heavy (non-hydrogen) atoms. The van der Waals surface area contributed by atoms with E-state index in [1.165, 1.54) is 42.9 Å². The van der Waals surface area contributed by atoms with Crippen molar-refractivity contribution in [1.29, 1.82) is 0 Å². The molecule has 0 amide bonds. The molecule has 0 atom stereocenters. The Morgan fingerprint density at radius 2 is 1.90 bits per heavy atom. The Hall–Kier alpha value is -2.82. The van der Waals surface area contributed by atoms with Gasteiger partial charge in [0.05, 0.1) is 5.56 Å². The van der Waals surface area contributed by atoms with Gasteiger partial charge in [-0.1, -0.05) is 0 Å². The molecular formula is C15H9FN2O2. The molecule has 0 bridgehead atoms. The summed E-state index contributed by atoms with van der Waals surface area (Å²) in [7, 11) is 0. The summed E-state index contributed by atoms with van der Waals surface area (Å²) in [5.74, 6) is -0.934. The molecule has 3 rings (SSSR count). The van der Waals surface area contributed by atoms with Crippen LogP contribution in [0.5, 0.6) is 0 Å². The second kappa shape index (κ2) is 4.70. The van der Waals surface area contributed by atoms with Crippen LogP contribution in [0.2, 0.25) is 0 Å². The number of ketones is 1. The fraction of sp³-hybridized carbons (Fsp3) is 0. The molecule has 2 heterocycles. The van der Waals surface area contributed by atoms with E-state index in [0.29, 0.717) is 11.1 Å². The van der Waals surface area contributed by atoms with Crippen LogP contribution in [0.25, 0.3) is 10.9 Å². The van der Waals surface area contributed by atoms with Crippen molar-refractivity contribution in [1.82, 2.24) is 9.97 Å². The average molecular weight is 268 g/mol. The molecule has 0 radical (unpaired) electrons. The standard InChI is InChI=1S/C15H9FN2O2/c16-10-1-2-13-11(7-10)15(20)12(8-18-13)14(19)9-3-5-17-6-4-9/h1-8H,(H,18,20). The van der Waals surface area contributed by atoms with Gasteiger partial charge in [-0.15, -0.1) is 0 Å². The maximum absolute atomic E-state index is 13.2. The van der Waals surface area contributed by atoms with Crippen LogP contribution in [0.3, 0.4) is 0 Å². The number of benzene rings is 1. The van der Waals surface area contributed by atoms with Gasteiger partial charge < -0.3 is 4.98 Å². The van der Waals surface area contributed by atoms with Gasteiger partial charge in [-0.05, 0) is 30.3 Å². The lowest BCUT2D eigenvalue weighted by atomic mass is 10.0. The van der Waals surface area contributed by atoms with Crippen LogP contribution >= 0.6 is 0 Å². The molecule has 3 aromatic rings. The van der Waals surface area contributed by atoms with Crippen LogP contribution in [-0.4, -0.2) is 15.8 Å². The fourth-order valence-corrected chi connectivity index (χ4v) is 2.02. The van der Waals surface area contributed by atoms with Crippen molar-refractivity contribution in [3.05, 3.63) is 76.1 Å². The molecule has 2 aromatic heterocycles. The maximum Gasteiger partial charge on any atom is 0.200 e. The zero-order valence-electron chi connectivity index (χ0n) is 10.3. The van der Waals surface area contributed by atoms with Gasteiger partial charge in [-0.25, -0.2) is 4.39 Å². The average Bonchev–Trinajstić information content (AvgIpc) is 2.48. The van der Waals surface area contributed by atoms with E-state index in [4.69, 9.17) is 0 Å². The molecule has 98 valence electrons. The highest BCUT2D eigenvalue weighted by Gasteiger charge is 2.15. The Labute approximate surface area is 112 Å². The third-order valence-corrected chi connectivity index (χ3v) is 3.03. The van der Waals surface area contributed by atoms with Gasteiger partial charge in [0, 0.05) is 35.1 Å². The Kier molecular flexibility index (Phi) is 2.87. The molecule has 5 heteroatoms. The summed E-state index contributed by atoms with van der Waals surface area (Å²) < 4.78 is 13.2. The minimum atomic E-state index is -0.517. The minimum Gasteiger partial charge on any atom is -0.360 e. The molecule has 0 unspecified atom stereocenters. The molecule has 0 aliphatic carbocycles. The number of aromatic amines is 1. The van der Waals surface area contributed by atoms with Crippen molar-refractivity contribution in [3.63, 3.8) is 0 Å². The summed E-state index contributed by atoms with van der Waals surface area (Å²) in [4.78, 5) is 31.2. The van der Waals surface area contributed by atoms with Crippen LogP contribution in [0.4, 0.5) is 4.39 Å². The normalized spacial score (nSPS) is 10.7. The van der Waals surface area contributed by atoms with Crippen molar-refractivity contribution in [3.8, 4) is 0 Å². The first-order valence-corrected chi connectivity index (χ1v) is 5.92. The zero-order chi connectivity index (χ0) is 14.1. The summed E-state index contributed by atoms with van der Waals surface area (Å²) >= 11 is 0. The first kappa shape index (κ1) is 12.2. The highest BCUT2D eigenvalue weighted by Crippen LogP contribution is 2.12. The predicted molar refractivity (Wildman–Crippen MR) is 72.2 cm³/mol. The number of nitrogens with one attached hydrogen (secondary N) is 1. The summed E-state index contributed by atoms with van der Waals surface area (Å²) in [6, 6.07) is 6.89. The van der Waals surface area contributed by atoms with Crippen molar-refractivity contribution in [2.24, 2.45) is 0 Å². The molecular weight excluding hydrogens is 259 g/mol. The van der Waals surface area contributed by atoms with Gasteiger partial charge in [0.2, 0.25) is 5.43 Å². The molecule has 4 nitrogen and oxygen atoms in total. The number of rotatable bonds is 2. The quantitative estimate of drug-likeness (QED) is 0.725. The molecule has 1 aromatic carbocycles. The van der Waals surface area contributed by atoms with Crippen molar-refractivity contribution >= 4 is 16.7 Å². The van der Waals surface area contributed by atoms with E-state index in [-0.39, 0.29) is 10.9 Å². The minimum absolute atomic E-state index is 0.0192. The van der Waals surface area contributed by atoms with Crippen LogP contribution in [0.15, 0.2) is 53.7 Å². The lowest BCUT2D eigenvalue weighted by Crippen LogP contribution is -2.16. The van der Waals surface area contributed by atoms with Crippen LogP contribution in [0.1, 0.15) is 15.9 Å². The van der Waals surface area contributed by atoms with Crippen LogP contribution in [-0.2, 0) is 0 Å². The molecule has 0 fully saturated rings. The van der Waals surface area contributed by atoms with Gasteiger partial charge >= 0.3 is 0 Å². The topological polar surface area (TPSA) is 62.8 Å². The SMILES string of the molecule is O=C(c1ccncc1)c1c[nH]c2ccc(F)cc2c1=O. The second-order valence-corrected chi connectivity index (χ2v) is 4.29. The number of halogens is 1. The van der Waals surface area contributed by atoms with Crippen molar-refractivity contribution < 1.29 is 9.18 Å². The largest absolute Gasteiger partial charge is 0.360 e. The summed E-state index contributed by atoms with van der Waals surface area (Å²) in [5.41, 5.74) is 0.346. The molecule has 0 saturated heterocycles. The van der Waals surface area contributed by atoms with Crippen molar-refractivity contribution in [2.75, 3.05) is 0 Å². The monoisotopic (exact) mass is 268 g/mol. The fourth-order valence-electron chi connectivity index (χ4n) is 2.02. The number of nitrogens with zero attached hydrogens (tertiary/aromatic N) is 1. The van der Waals surface area contributed by atoms with Gasteiger partial charge in [0.1, 0.15) is 5.82 Å². The van der Waals surface area contributed by atoms with Gasteiger partial charge in [-0.3, -0.25) is 14.6 Å². The van der Waals surface area contributed by atoms with E-state index in [9.17, 15) is 14.0 Å². The third kappa shape index (κ3) is 1.99. The lowest BCUT2D eigenvalue weighted by Gasteiger charge is -2.03. The number of fused-ring (bicyclic) bond motifs is 1. The third-order valence-electron chi connectivity index (χ3n) is 3.03. The Balaban J connectivity index is 2.20. The van der Waals surface area contributed by atoms with Crippen LogP contribution in [0, 0.1) is 5.82 Å². The van der Waals surface area contributed by atoms with E-state index >= 15 is 0 Å². The molecule has 1 N–H and O–H groups in total. The number of carbonyl (C=O) groups excluding carboxylic acids is 1. The molecule has 0 spiro atoms. The highest BCUT2D eigenvalue weighted by molar-refractivity contribution is 6.09. The smallest absolute Gasteiger partial charge is 0.200 e.